The average molecular weight is 273 g/mol. The lowest BCUT2D eigenvalue weighted by Crippen LogP contribution is -2.31. The lowest BCUT2D eigenvalue weighted by Gasteiger charge is -2.18. The fourth-order valence-electron chi connectivity index (χ4n) is 2.35. The minimum absolute atomic E-state index is 0.149. The van der Waals surface area contributed by atoms with Crippen LogP contribution in [0.2, 0.25) is 0 Å². The number of imidazole rings is 1. The molecule has 0 bridgehead atoms. The number of unbranched alkanes of at least 4 members (excludes halogenated alkanes) is 1. The molecule has 0 radical (unpaired) electrons. The van der Waals surface area contributed by atoms with E-state index in [-0.39, 0.29) is 5.91 Å². The number of hydrogen-bond acceptors (Lipinski definition) is 2. The maximum absolute atomic E-state index is 12.3. The Kier molecular flexibility index (Phi) is 4.77. The first kappa shape index (κ1) is 14.6. The van der Waals surface area contributed by atoms with Crippen LogP contribution in [-0.2, 0) is 17.8 Å². The molecule has 0 atom stereocenters. The molecule has 1 aromatic carbocycles. The summed E-state index contributed by atoms with van der Waals surface area (Å²) in [5, 5.41) is 0. The molecule has 4 nitrogen and oxygen atoms in total. The highest BCUT2D eigenvalue weighted by Gasteiger charge is 2.14. The SMILES string of the molecule is CCCCN(C)C(=O)Cn1c(CC)nc2ccccc21. The number of carbonyl (C=O) groups excluding carboxylic acids is 1. The molecule has 0 N–H and O–H groups in total. The zero-order valence-corrected chi connectivity index (χ0v) is 12.6. The van der Waals surface area contributed by atoms with Crippen molar-refractivity contribution in [2.24, 2.45) is 0 Å². The first-order valence-electron chi connectivity index (χ1n) is 7.35. The Bertz CT molecular complexity index is 588. The summed E-state index contributed by atoms with van der Waals surface area (Å²) in [5.74, 6) is 1.12. The fourth-order valence-corrected chi connectivity index (χ4v) is 2.35. The monoisotopic (exact) mass is 273 g/mol. The summed E-state index contributed by atoms with van der Waals surface area (Å²) in [4.78, 5) is 18.7. The summed E-state index contributed by atoms with van der Waals surface area (Å²) in [6.07, 6.45) is 2.99. The Morgan fingerprint density at radius 2 is 2.05 bits per heavy atom. The number of aryl methyl sites for hydroxylation is 1. The van der Waals surface area contributed by atoms with Crippen LogP contribution in [0.15, 0.2) is 24.3 Å². The van der Waals surface area contributed by atoms with E-state index in [1.165, 1.54) is 0 Å². The first-order chi connectivity index (χ1) is 9.67. The standard InChI is InChI=1S/C16H23N3O/c1-4-6-11-18(3)16(20)12-19-14-10-8-7-9-13(14)17-15(19)5-2/h7-10H,4-6,11-12H2,1-3H3. The van der Waals surface area contributed by atoms with E-state index in [1.54, 1.807) is 0 Å². The Morgan fingerprint density at radius 3 is 2.75 bits per heavy atom. The number of likely N-dealkylation sites (N-methyl/N-ethyl adjacent to an activating group) is 1. The van der Waals surface area contributed by atoms with Gasteiger partial charge in [-0.25, -0.2) is 4.98 Å². The van der Waals surface area contributed by atoms with Crippen molar-refractivity contribution in [3.8, 4) is 0 Å². The molecule has 0 fully saturated rings. The van der Waals surface area contributed by atoms with Crippen LogP contribution in [0.4, 0.5) is 0 Å². The summed E-state index contributed by atoms with van der Waals surface area (Å²) in [6.45, 7) is 5.41. The number of nitrogens with zero attached hydrogens (tertiary/aromatic N) is 3. The minimum atomic E-state index is 0.149. The number of benzene rings is 1. The Hall–Kier alpha value is -1.84. The topological polar surface area (TPSA) is 38.1 Å². The normalized spacial score (nSPS) is 10.9. The zero-order chi connectivity index (χ0) is 14.5. The van der Waals surface area contributed by atoms with Crippen molar-refractivity contribution >= 4 is 16.9 Å². The van der Waals surface area contributed by atoms with Crippen LogP contribution in [0.25, 0.3) is 11.0 Å². The van der Waals surface area contributed by atoms with E-state index in [9.17, 15) is 4.79 Å². The van der Waals surface area contributed by atoms with Gasteiger partial charge in [-0.2, -0.15) is 0 Å². The molecule has 2 rings (SSSR count). The third-order valence-corrected chi connectivity index (χ3v) is 3.62. The number of fused-ring (bicyclic) bond motifs is 1. The number of carbonyl (C=O) groups is 1. The van der Waals surface area contributed by atoms with Crippen molar-refractivity contribution in [1.29, 1.82) is 0 Å². The van der Waals surface area contributed by atoms with Crippen LogP contribution in [0, 0.1) is 0 Å². The number of hydrogen-bond donors (Lipinski definition) is 0. The summed E-state index contributed by atoms with van der Waals surface area (Å²) in [7, 11) is 1.88. The molecule has 108 valence electrons. The Labute approximate surface area is 120 Å². The minimum Gasteiger partial charge on any atom is -0.344 e. The molecule has 1 heterocycles. The second-order valence-corrected chi connectivity index (χ2v) is 5.13. The van der Waals surface area contributed by atoms with Gasteiger partial charge in [-0.3, -0.25) is 4.79 Å². The quantitative estimate of drug-likeness (QED) is 0.811. The maximum Gasteiger partial charge on any atom is 0.242 e. The van der Waals surface area contributed by atoms with E-state index >= 15 is 0 Å². The van der Waals surface area contributed by atoms with Gasteiger partial charge < -0.3 is 9.47 Å². The predicted octanol–water partition coefficient (Wildman–Crippen LogP) is 2.86. The van der Waals surface area contributed by atoms with Gasteiger partial charge in [-0.1, -0.05) is 32.4 Å². The molecule has 0 saturated heterocycles. The number of aromatic nitrogens is 2. The molecule has 0 saturated carbocycles. The highest BCUT2D eigenvalue weighted by molar-refractivity contribution is 5.81. The van der Waals surface area contributed by atoms with Crippen LogP contribution in [0.1, 0.15) is 32.5 Å². The second kappa shape index (κ2) is 6.55. The molecule has 0 aliphatic heterocycles. The molecule has 0 unspecified atom stereocenters. The van der Waals surface area contributed by atoms with Crippen LogP contribution in [-0.4, -0.2) is 34.0 Å². The van der Waals surface area contributed by atoms with Crippen molar-refractivity contribution in [1.82, 2.24) is 14.5 Å². The first-order valence-corrected chi connectivity index (χ1v) is 7.35. The van der Waals surface area contributed by atoms with Gasteiger partial charge in [0.1, 0.15) is 12.4 Å². The van der Waals surface area contributed by atoms with Crippen LogP contribution >= 0.6 is 0 Å². The molecule has 2 aromatic rings. The lowest BCUT2D eigenvalue weighted by molar-refractivity contribution is -0.130. The number of para-hydroxylation sites is 2. The largest absolute Gasteiger partial charge is 0.344 e. The van der Waals surface area contributed by atoms with Crippen LogP contribution in [0.3, 0.4) is 0 Å². The molecule has 4 heteroatoms. The van der Waals surface area contributed by atoms with Crippen molar-refractivity contribution in [2.45, 2.75) is 39.7 Å². The zero-order valence-electron chi connectivity index (χ0n) is 12.6. The van der Waals surface area contributed by atoms with E-state index in [1.807, 2.05) is 40.8 Å². The number of amides is 1. The molecule has 0 spiro atoms. The smallest absolute Gasteiger partial charge is 0.242 e. The van der Waals surface area contributed by atoms with Gasteiger partial charge in [-0.15, -0.1) is 0 Å². The number of rotatable bonds is 6. The van der Waals surface area contributed by atoms with Crippen molar-refractivity contribution in [2.75, 3.05) is 13.6 Å². The summed E-state index contributed by atoms with van der Waals surface area (Å²) in [5.41, 5.74) is 2.01. The molecule has 1 amide bonds. The van der Waals surface area contributed by atoms with E-state index in [0.29, 0.717) is 6.54 Å². The summed E-state index contributed by atoms with van der Waals surface area (Å²) >= 11 is 0. The molecule has 0 aliphatic carbocycles. The van der Waals surface area contributed by atoms with E-state index in [0.717, 1.165) is 42.7 Å². The van der Waals surface area contributed by atoms with Gasteiger partial charge in [0.15, 0.2) is 0 Å². The molecular formula is C16H23N3O. The molecule has 0 aliphatic rings. The van der Waals surface area contributed by atoms with Gasteiger partial charge >= 0.3 is 0 Å². The molecular weight excluding hydrogens is 250 g/mol. The van der Waals surface area contributed by atoms with Gasteiger partial charge in [0.25, 0.3) is 0 Å². The fraction of sp³-hybridized carbons (Fsp3) is 0.500. The summed E-state index contributed by atoms with van der Waals surface area (Å²) in [6, 6.07) is 8.00. The van der Waals surface area contributed by atoms with Crippen LogP contribution in [0.5, 0.6) is 0 Å². The molecule has 1 aromatic heterocycles. The predicted molar refractivity (Wildman–Crippen MR) is 81.7 cm³/mol. The highest BCUT2D eigenvalue weighted by Crippen LogP contribution is 2.16. The van der Waals surface area contributed by atoms with Crippen molar-refractivity contribution < 1.29 is 4.79 Å². The van der Waals surface area contributed by atoms with Gasteiger partial charge in [0.2, 0.25) is 5.91 Å². The Morgan fingerprint density at radius 1 is 1.30 bits per heavy atom. The molecule has 20 heavy (non-hydrogen) atoms. The third kappa shape index (κ3) is 3.00. The average Bonchev–Trinajstić information content (AvgIpc) is 2.82. The van der Waals surface area contributed by atoms with E-state index < -0.39 is 0 Å². The van der Waals surface area contributed by atoms with Gasteiger partial charge in [0, 0.05) is 20.0 Å². The lowest BCUT2D eigenvalue weighted by atomic mass is 10.3. The second-order valence-electron chi connectivity index (χ2n) is 5.13. The Balaban J connectivity index is 2.22. The van der Waals surface area contributed by atoms with Gasteiger partial charge in [-0.05, 0) is 18.6 Å². The van der Waals surface area contributed by atoms with Crippen LogP contribution < -0.4 is 0 Å². The van der Waals surface area contributed by atoms with Gasteiger partial charge in [0.05, 0.1) is 11.0 Å². The van der Waals surface area contributed by atoms with Crippen molar-refractivity contribution in [3.05, 3.63) is 30.1 Å². The van der Waals surface area contributed by atoms with E-state index in [4.69, 9.17) is 0 Å². The summed E-state index contributed by atoms with van der Waals surface area (Å²) < 4.78 is 2.04. The van der Waals surface area contributed by atoms with E-state index in [2.05, 4.69) is 18.8 Å². The third-order valence-electron chi connectivity index (χ3n) is 3.62. The van der Waals surface area contributed by atoms with Crippen molar-refractivity contribution in [3.63, 3.8) is 0 Å². The highest BCUT2D eigenvalue weighted by atomic mass is 16.2. The maximum atomic E-state index is 12.3.